The molecule has 0 spiro atoms. The van der Waals surface area contributed by atoms with Gasteiger partial charge in [-0.05, 0) is 75.0 Å². The molecule has 0 saturated carbocycles. The Hall–Kier alpha value is -2.27. The zero-order valence-electron chi connectivity index (χ0n) is 34.7. The van der Waals surface area contributed by atoms with E-state index in [1.54, 1.807) is 0 Å². The Labute approximate surface area is 334 Å². The van der Waals surface area contributed by atoms with Crippen molar-refractivity contribution in [1.82, 2.24) is 0 Å². The fraction of sp³-hybridized carbons (Fsp3) is 0.565. The van der Waals surface area contributed by atoms with Gasteiger partial charge in [-0.2, -0.15) is 0 Å². The molecule has 2 aliphatic rings. The molecular formula is C46H72HfN4. The number of nitrogens with zero attached hydrogens (tertiary/aromatic N) is 4. The molecule has 51 heavy (non-hydrogen) atoms. The molecule has 2 aromatic carbocycles. The maximum absolute atomic E-state index is 5.15. The number of aliphatic imine (C=N–C) groups is 2. The Morgan fingerprint density at radius 3 is 1.14 bits per heavy atom. The first-order chi connectivity index (χ1) is 23.1. The first-order valence-corrected chi connectivity index (χ1v) is 19.3. The largest absolute Gasteiger partial charge is 4.00 e. The molecule has 4 rings (SSSR count). The molecule has 0 atom stereocenters. The van der Waals surface area contributed by atoms with E-state index in [0.29, 0.717) is 23.7 Å². The van der Waals surface area contributed by atoms with Crippen molar-refractivity contribution in [2.45, 2.75) is 157 Å². The SMILES string of the molecule is CCCCN=C1CCCC=C1[N-]c1c(C(C)C)cccc1C(C)C.CCCCN=C1CCCC=C1[N-]c1c(C(C)C)cccc1C(C)C.[CH3-].[CH3-].[Hf+4]. The zero-order chi connectivity index (χ0) is 35.1. The second kappa shape index (κ2) is 25.7. The van der Waals surface area contributed by atoms with E-state index in [-0.39, 0.29) is 40.7 Å². The minimum atomic E-state index is 0. The van der Waals surface area contributed by atoms with E-state index in [1.165, 1.54) is 70.7 Å². The third-order valence-electron chi connectivity index (χ3n) is 9.28. The van der Waals surface area contributed by atoms with Crippen LogP contribution in [-0.4, -0.2) is 24.5 Å². The van der Waals surface area contributed by atoms with E-state index < -0.39 is 0 Å². The van der Waals surface area contributed by atoms with E-state index in [0.717, 1.165) is 63.0 Å². The van der Waals surface area contributed by atoms with E-state index >= 15 is 0 Å². The third kappa shape index (κ3) is 14.9. The summed E-state index contributed by atoms with van der Waals surface area (Å²) >= 11 is 0. The third-order valence-corrected chi connectivity index (χ3v) is 9.28. The van der Waals surface area contributed by atoms with Crippen LogP contribution in [0.25, 0.3) is 10.6 Å². The molecule has 280 valence electrons. The standard InChI is InChI=1S/2C22H33N2.2CH3.Hf/c2*1-6-7-15-23-20-13-8-9-14-21(20)24-22-18(16(2)3)11-10-12-19(22)17(4)5;;;/h2*10-12,14,16-17H,6-9,13,15H2,1-5H3;2*1H3;/q4*-1;+4. The van der Waals surface area contributed by atoms with Crippen LogP contribution < -0.4 is 0 Å². The van der Waals surface area contributed by atoms with Gasteiger partial charge in [-0.3, -0.25) is 9.98 Å². The van der Waals surface area contributed by atoms with Crippen LogP contribution in [-0.2, 0) is 25.8 Å². The maximum atomic E-state index is 5.15. The van der Waals surface area contributed by atoms with Crippen molar-refractivity contribution in [3.63, 3.8) is 0 Å². The topological polar surface area (TPSA) is 52.9 Å². The fourth-order valence-corrected chi connectivity index (χ4v) is 6.32. The van der Waals surface area contributed by atoms with E-state index in [4.69, 9.17) is 20.6 Å². The van der Waals surface area contributed by atoms with Gasteiger partial charge in [0, 0.05) is 24.5 Å². The number of hydrogen-bond acceptors (Lipinski definition) is 2. The Morgan fingerprint density at radius 1 is 0.549 bits per heavy atom. The van der Waals surface area contributed by atoms with Crippen molar-refractivity contribution < 1.29 is 25.8 Å². The van der Waals surface area contributed by atoms with Gasteiger partial charge in [0.15, 0.2) is 0 Å². The monoisotopic (exact) mass is 861 g/mol. The molecule has 0 fully saturated rings. The van der Waals surface area contributed by atoms with Gasteiger partial charge in [-0.15, -0.1) is 22.8 Å². The molecule has 2 aliphatic carbocycles. The smallest absolute Gasteiger partial charge is 0.656 e. The fourth-order valence-electron chi connectivity index (χ4n) is 6.32. The molecule has 2 aromatic rings. The molecule has 0 bridgehead atoms. The summed E-state index contributed by atoms with van der Waals surface area (Å²) in [4.78, 5) is 9.71. The normalized spacial score (nSPS) is 15.8. The summed E-state index contributed by atoms with van der Waals surface area (Å²) in [5.41, 5.74) is 12.4. The summed E-state index contributed by atoms with van der Waals surface area (Å²) in [6.45, 7) is 24.3. The van der Waals surface area contributed by atoms with Crippen LogP contribution in [0.2, 0.25) is 0 Å². The van der Waals surface area contributed by atoms with E-state index in [2.05, 4.69) is 118 Å². The van der Waals surface area contributed by atoms with Crippen molar-refractivity contribution in [1.29, 1.82) is 0 Å². The molecule has 0 amide bonds. The number of unbranched alkanes of at least 4 members (excludes halogenated alkanes) is 2. The first kappa shape index (κ1) is 48.7. The van der Waals surface area contributed by atoms with Crippen LogP contribution >= 0.6 is 0 Å². The molecule has 0 aromatic heterocycles. The predicted molar refractivity (Wildman–Crippen MR) is 226 cm³/mol. The second-order valence-corrected chi connectivity index (χ2v) is 14.7. The number of allylic oxidation sites excluding steroid dienone is 4. The zero-order valence-corrected chi connectivity index (χ0v) is 38.3. The van der Waals surface area contributed by atoms with Crippen LogP contribution in [0.3, 0.4) is 0 Å². The molecular weight excluding hydrogens is 787 g/mol. The van der Waals surface area contributed by atoms with Crippen molar-refractivity contribution in [3.8, 4) is 0 Å². The number of benzene rings is 2. The van der Waals surface area contributed by atoms with Crippen LogP contribution in [0, 0.1) is 14.9 Å². The summed E-state index contributed by atoms with van der Waals surface area (Å²) in [5.74, 6) is 1.92. The molecule has 0 N–H and O–H groups in total. The summed E-state index contributed by atoms with van der Waals surface area (Å²) in [6, 6.07) is 13.3. The maximum Gasteiger partial charge on any atom is 4.00 e. The van der Waals surface area contributed by atoms with Gasteiger partial charge in [0.2, 0.25) is 0 Å². The minimum absolute atomic E-state index is 0. The second-order valence-electron chi connectivity index (χ2n) is 14.7. The first-order valence-electron chi connectivity index (χ1n) is 19.3. The van der Waals surface area contributed by atoms with Crippen molar-refractivity contribution >= 4 is 22.8 Å². The quantitative estimate of drug-likeness (QED) is 0.103. The van der Waals surface area contributed by atoms with Crippen LogP contribution in [0.1, 0.15) is 179 Å². The van der Waals surface area contributed by atoms with Crippen LogP contribution in [0.15, 0.2) is 69.9 Å². The number of hydrogen-bond donors (Lipinski definition) is 0. The Balaban J connectivity index is 0.000000926. The van der Waals surface area contributed by atoms with Gasteiger partial charge < -0.3 is 25.5 Å². The summed E-state index contributed by atoms with van der Waals surface area (Å²) in [6.07, 6.45) is 16.1. The minimum Gasteiger partial charge on any atom is -0.656 e. The van der Waals surface area contributed by atoms with E-state index in [9.17, 15) is 0 Å². The average Bonchev–Trinajstić information content (AvgIpc) is 3.06. The molecule has 4 nitrogen and oxygen atoms in total. The van der Waals surface area contributed by atoms with Gasteiger partial charge in [0.05, 0.1) is 0 Å². The molecule has 0 unspecified atom stereocenters. The van der Waals surface area contributed by atoms with Crippen molar-refractivity contribution in [2.24, 2.45) is 9.98 Å². The molecule has 0 saturated heterocycles. The van der Waals surface area contributed by atoms with Crippen molar-refractivity contribution in [2.75, 3.05) is 13.1 Å². The van der Waals surface area contributed by atoms with Gasteiger partial charge >= 0.3 is 25.8 Å². The summed E-state index contributed by atoms with van der Waals surface area (Å²) < 4.78 is 0. The Bertz CT molecular complexity index is 1250. The van der Waals surface area contributed by atoms with Gasteiger partial charge in [0.1, 0.15) is 0 Å². The Morgan fingerprint density at radius 2 is 0.863 bits per heavy atom. The van der Waals surface area contributed by atoms with Gasteiger partial charge in [-0.1, -0.05) is 153 Å². The van der Waals surface area contributed by atoms with Crippen LogP contribution in [0.4, 0.5) is 11.4 Å². The number of para-hydroxylation sites is 2. The summed E-state index contributed by atoms with van der Waals surface area (Å²) in [5, 5.41) is 10.3. The van der Waals surface area contributed by atoms with Crippen molar-refractivity contribution in [3.05, 3.63) is 108 Å². The summed E-state index contributed by atoms with van der Waals surface area (Å²) in [7, 11) is 0. The van der Waals surface area contributed by atoms with E-state index in [1.807, 2.05) is 0 Å². The average molecular weight is 860 g/mol. The van der Waals surface area contributed by atoms with Gasteiger partial charge in [0.25, 0.3) is 0 Å². The van der Waals surface area contributed by atoms with Gasteiger partial charge in [-0.25, -0.2) is 0 Å². The molecule has 0 heterocycles. The molecule has 0 radical (unpaired) electrons. The molecule has 0 aliphatic heterocycles. The predicted octanol–water partition coefficient (Wildman–Crippen LogP) is 15.4. The molecule has 5 heteroatoms. The Kier molecular flexibility index (Phi) is 24.5. The number of rotatable bonds is 14. The van der Waals surface area contributed by atoms with Crippen LogP contribution in [0.5, 0.6) is 0 Å².